The maximum atomic E-state index is 12.8. The van der Waals surface area contributed by atoms with Gasteiger partial charge in [-0.05, 0) is 17.7 Å². The first-order valence-electron chi connectivity index (χ1n) is 5.53. The smallest absolute Gasteiger partial charge is 0.461 e. The van der Waals surface area contributed by atoms with Crippen molar-refractivity contribution in [3.05, 3.63) is 29.8 Å². The van der Waals surface area contributed by atoms with E-state index in [0.29, 0.717) is 0 Å². The van der Waals surface area contributed by atoms with Crippen molar-refractivity contribution in [1.29, 1.82) is 0 Å². The predicted molar refractivity (Wildman–Crippen MR) is 61.6 cm³/mol. The molecule has 0 spiro atoms. The number of halogens is 4. The number of ether oxygens (including phenoxy) is 2. The molecule has 1 aromatic rings. The van der Waals surface area contributed by atoms with Gasteiger partial charge in [0.2, 0.25) is 0 Å². The number of nitrogens with two attached hydrogens (primary N) is 1. The summed E-state index contributed by atoms with van der Waals surface area (Å²) in [6.45, 7) is 0. The lowest BCUT2D eigenvalue weighted by Crippen LogP contribution is -2.33. The normalized spacial score (nSPS) is 13.2. The molecule has 8 heteroatoms. The summed E-state index contributed by atoms with van der Waals surface area (Å²) in [5.41, 5.74) is 5.96. The van der Waals surface area contributed by atoms with Gasteiger partial charge in [-0.15, -0.1) is 0 Å². The summed E-state index contributed by atoms with van der Waals surface area (Å²) in [6.07, 6.45) is -8.72. The summed E-state index contributed by atoms with van der Waals surface area (Å²) >= 11 is 0. The van der Waals surface area contributed by atoms with Crippen LogP contribution in [0.2, 0.25) is 0 Å². The van der Waals surface area contributed by atoms with Crippen molar-refractivity contribution in [3.63, 3.8) is 0 Å². The average molecular weight is 295 g/mol. The minimum absolute atomic E-state index is 0.175. The zero-order chi connectivity index (χ0) is 15.3. The minimum Gasteiger partial charge on any atom is -0.469 e. The third kappa shape index (κ3) is 4.37. The highest BCUT2D eigenvalue weighted by atomic mass is 19.3. The third-order valence-electron chi connectivity index (χ3n) is 2.41. The Bertz CT molecular complexity index is 468. The van der Waals surface area contributed by atoms with E-state index in [1.54, 1.807) is 0 Å². The SMILES string of the molecule is COC(=O)C[C@H](N)c1cccc(OC(F)(F)C(F)F)c1. The summed E-state index contributed by atoms with van der Waals surface area (Å²) in [5, 5.41) is 0. The van der Waals surface area contributed by atoms with Crippen LogP contribution in [0.5, 0.6) is 5.75 Å². The second-order valence-electron chi connectivity index (χ2n) is 3.92. The lowest BCUT2D eigenvalue weighted by Gasteiger charge is -2.18. The molecule has 0 amide bonds. The Balaban J connectivity index is 2.83. The Morgan fingerprint density at radius 3 is 2.60 bits per heavy atom. The average Bonchev–Trinajstić information content (AvgIpc) is 2.38. The highest BCUT2D eigenvalue weighted by Crippen LogP contribution is 2.29. The van der Waals surface area contributed by atoms with Crippen LogP contribution >= 0.6 is 0 Å². The molecule has 0 aliphatic carbocycles. The van der Waals surface area contributed by atoms with E-state index in [1.165, 1.54) is 19.2 Å². The fourth-order valence-electron chi connectivity index (χ4n) is 1.39. The molecule has 0 aromatic heterocycles. The monoisotopic (exact) mass is 295 g/mol. The van der Waals surface area contributed by atoms with E-state index in [4.69, 9.17) is 5.73 Å². The zero-order valence-electron chi connectivity index (χ0n) is 10.5. The van der Waals surface area contributed by atoms with Crippen molar-refractivity contribution in [3.8, 4) is 5.75 Å². The standard InChI is InChI=1S/C12H13F4NO3/c1-19-10(18)6-9(17)7-3-2-4-8(5-7)20-12(15,16)11(13)14/h2-5,9,11H,6,17H2,1H3/t9-/m0/s1. The van der Waals surface area contributed by atoms with E-state index in [0.717, 1.165) is 12.1 Å². The Morgan fingerprint density at radius 1 is 1.40 bits per heavy atom. The number of methoxy groups -OCH3 is 1. The van der Waals surface area contributed by atoms with E-state index in [1.807, 2.05) is 0 Å². The molecule has 0 bridgehead atoms. The third-order valence-corrected chi connectivity index (χ3v) is 2.41. The van der Waals surface area contributed by atoms with Crippen LogP contribution in [0, 0.1) is 0 Å². The predicted octanol–water partition coefficient (Wildman–Crippen LogP) is 2.49. The van der Waals surface area contributed by atoms with Gasteiger partial charge in [-0.25, -0.2) is 0 Å². The van der Waals surface area contributed by atoms with Crippen molar-refractivity contribution in [2.45, 2.75) is 25.0 Å². The highest BCUT2D eigenvalue weighted by molar-refractivity contribution is 5.70. The van der Waals surface area contributed by atoms with E-state index in [9.17, 15) is 22.4 Å². The van der Waals surface area contributed by atoms with Crippen LogP contribution in [-0.4, -0.2) is 25.6 Å². The molecule has 0 saturated carbocycles. The molecule has 0 aliphatic rings. The quantitative estimate of drug-likeness (QED) is 0.647. The number of alkyl halides is 4. The summed E-state index contributed by atoms with van der Waals surface area (Å²) in [6, 6.07) is 4.12. The molecule has 4 nitrogen and oxygen atoms in total. The molecule has 0 saturated heterocycles. The van der Waals surface area contributed by atoms with Gasteiger partial charge in [0, 0.05) is 6.04 Å². The van der Waals surface area contributed by atoms with Crippen LogP contribution in [0.15, 0.2) is 24.3 Å². The van der Waals surface area contributed by atoms with Gasteiger partial charge in [0.05, 0.1) is 13.5 Å². The molecule has 112 valence electrons. The fraction of sp³-hybridized carbons (Fsp3) is 0.417. The van der Waals surface area contributed by atoms with Crippen molar-refractivity contribution in [1.82, 2.24) is 0 Å². The lowest BCUT2D eigenvalue weighted by molar-refractivity contribution is -0.253. The molecule has 0 heterocycles. The molecule has 0 aliphatic heterocycles. The van der Waals surface area contributed by atoms with Gasteiger partial charge in [-0.3, -0.25) is 4.79 Å². The minimum atomic E-state index is -4.59. The molecule has 0 unspecified atom stereocenters. The maximum Gasteiger partial charge on any atom is 0.461 e. The van der Waals surface area contributed by atoms with Gasteiger partial charge < -0.3 is 15.2 Å². The van der Waals surface area contributed by atoms with Gasteiger partial charge >= 0.3 is 18.5 Å². The molecular weight excluding hydrogens is 282 g/mol. The van der Waals surface area contributed by atoms with E-state index in [-0.39, 0.29) is 12.0 Å². The Hall–Kier alpha value is -1.83. The molecule has 0 radical (unpaired) electrons. The topological polar surface area (TPSA) is 61.5 Å². The molecule has 1 atom stereocenters. The largest absolute Gasteiger partial charge is 0.469 e. The number of hydrogen-bond donors (Lipinski definition) is 1. The Kier molecular flexibility index (Phi) is 5.32. The van der Waals surface area contributed by atoms with Gasteiger partial charge in [0.15, 0.2) is 0 Å². The Labute approximate surface area is 112 Å². The molecular formula is C12H13F4NO3. The van der Waals surface area contributed by atoms with Crippen LogP contribution < -0.4 is 10.5 Å². The first-order chi connectivity index (χ1) is 9.26. The summed E-state index contributed by atoms with van der Waals surface area (Å²) < 4.78 is 57.9. The molecule has 0 fully saturated rings. The Morgan fingerprint density at radius 2 is 2.05 bits per heavy atom. The van der Waals surface area contributed by atoms with Gasteiger partial charge in [-0.2, -0.15) is 17.6 Å². The van der Waals surface area contributed by atoms with Crippen LogP contribution in [0.4, 0.5) is 17.6 Å². The van der Waals surface area contributed by atoms with E-state index in [2.05, 4.69) is 9.47 Å². The van der Waals surface area contributed by atoms with Crippen molar-refractivity contribution in [2.24, 2.45) is 5.73 Å². The van der Waals surface area contributed by atoms with Crippen LogP contribution in [0.1, 0.15) is 18.0 Å². The maximum absolute atomic E-state index is 12.8. The summed E-state index contributed by atoms with van der Waals surface area (Å²) in [5.74, 6) is -1.05. The molecule has 2 N–H and O–H groups in total. The van der Waals surface area contributed by atoms with Crippen LogP contribution in [-0.2, 0) is 9.53 Å². The fourth-order valence-corrected chi connectivity index (χ4v) is 1.39. The molecule has 1 aromatic carbocycles. The van der Waals surface area contributed by atoms with E-state index < -0.39 is 30.3 Å². The number of benzene rings is 1. The number of carbonyl (C=O) groups is 1. The molecule has 1 rings (SSSR count). The first kappa shape index (κ1) is 16.2. The number of rotatable bonds is 6. The van der Waals surface area contributed by atoms with Crippen LogP contribution in [0.25, 0.3) is 0 Å². The highest BCUT2D eigenvalue weighted by Gasteiger charge is 2.44. The lowest BCUT2D eigenvalue weighted by atomic mass is 10.0. The number of carbonyl (C=O) groups excluding carboxylic acids is 1. The van der Waals surface area contributed by atoms with Gasteiger partial charge in [0.1, 0.15) is 5.75 Å². The number of esters is 1. The van der Waals surface area contributed by atoms with Gasteiger partial charge in [0.25, 0.3) is 0 Å². The zero-order valence-corrected chi connectivity index (χ0v) is 10.5. The van der Waals surface area contributed by atoms with Gasteiger partial charge in [-0.1, -0.05) is 12.1 Å². The van der Waals surface area contributed by atoms with Crippen molar-refractivity contribution in [2.75, 3.05) is 7.11 Å². The molecule has 20 heavy (non-hydrogen) atoms. The number of hydrogen-bond acceptors (Lipinski definition) is 4. The van der Waals surface area contributed by atoms with Crippen molar-refractivity contribution >= 4 is 5.97 Å². The summed E-state index contributed by atoms with van der Waals surface area (Å²) in [7, 11) is 1.18. The summed E-state index contributed by atoms with van der Waals surface area (Å²) in [4.78, 5) is 11.0. The second-order valence-corrected chi connectivity index (χ2v) is 3.92. The first-order valence-corrected chi connectivity index (χ1v) is 5.53. The second kappa shape index (κ2) is 6.56. The van der Waals surface area contributed by atoms with E-state index >= 15 is 0 Å². The van der Waals surface area contributed by atoms with Crippen molar-refractivity contribution < 1.29 is 31.8 Å². The van der Waals surface area contributed by atoms with Crippen LogP contribution in [0.3, 0.4) is 0 Å².